The number of allylic oxidation sites excluding steroid dienone is 1. The van der Waals surface area contributed by atoms with E-state index in [1.54, 1.807) is 20.8 Å². The molecule has 74 valence electrons. The Kier molecular flexibility index (Phi) is 2.74. The monoisotopic (exact) mass is 192 g/mol. The van der Waals surface area contributed by atoms with Crippen molar-refractivity contribution in [3.63, 3.8) is 0 Å². The van der Waals surface area contributed by atoms with E-state index in [1.807, 2.05) is 0 Å². The quantitative estimate of drug-likeness (QED) is 0.578. The minimum absolute atomic E-state index is 0.104. The SMILES string of the molecule is CC(C)(C)C(=O)N=C1C=NC=CC1=O. The second kappa shape index (κ2) is 3.65. The average Bonchev–Trinajstić information content (AvgIpc) is 2.07. The molecule has 0 aromatic heterocycles. The Labute approximate surface area is 82.4 Å². The van der Waals surface area contributed by atoms with E-state index in [1.165, 1.54) is 18.5 Å². The number of amides is 1. The van der Waals surface area contributed by atoms with Gasteiger partial charge in [-0.05, 0) is 0 Å². The molecule has 1 aliphatic rings. The first-order chi connectivity index (χ1) is 6.41. The highest BCUT2D eigenvalue weighted by molar-refractivity contribution is 6.65. The molecule has 0 saturated heterocycles. The van der Waals surface area contributed by atoms with E-state index >= 15 is 0 Å². The summed E-state index contributed by atoms with van der Waals surface area (Å²) in [6.45, 7) is 5.25. The van der Waals surface area contributed by atoms with Crippen molar-refractivity contribution >= 4 is 23.6 Å². The lowest BCUT2D eigenvalue weighted by Gasteiger charge is -2.12. The zero-order chi connectivity index (χ0) is 10.8. The number of rotatable bonds is 0. The van der Waals surface area contributed by atoms with Crippen LogP contribution < -0.4 is 0 Å². The van der Waals surface area contributed by atoms with Crippen molar-refractivity contribution < 1.29 is 9.59 Å². The van der Waals surface area contributed by atoms with Gasteiger partial charge in [-0.2, -0.15) is 0 Å². The fourth-order valence-electron chi connectivity index (χ4n) is 0.734. The second-order valence-corrected chi connectivity index (χ2v) is 4.01. The van der Waals surface area contributed by atoms with Crippen LogP contribution in [0.3, 0.4) is 0 Å². The summed E-state index contributed by atoms with van der Waals surface area (Å²) in [6, 6.07) is 0. The summed E-state index contributed by atoms with van der Waals surface area (Å²) in [5.74, 6) is -0.597. The van der Waals surface area contributed by atoms with Crippen molar-refractivity contribution in [3.8, 4) is 0 Å². The van der Waals surface area contributed by atoms with E-state index in [4.69, 9.17) is 0 Å². The second-order valence-electron chi connectivity index (χ2n) is 4.01. The van der Waals surface area contributed by atoms with Gasteiger partial charge in [0.1, 0.15) is 5.71 Å². The first-order valence-electron chi connectivity index (χ1n) is 4.28. The number of aliphatic imine (C=N–C) groups is 2. The van der Waals surface area contributed by atoms with Crippen molar-refractivity contribution in [1.82, 2.24) is 0 Å². The molecule has 0 fully saturated rings. The first-order valence-corrected chi connectivity index (χ1v) is 4.28. The van der Waals surface area contributed by atoms with E-state index in [2.05, 4.69) is 9.98 Å². The molecule has 1 rings (SSSR count). The van der Waals surface area contributed by atoms with Crippen LogP contribution in [0.2, 0.25) is 0 Å². The summed E-state index contributed by atoms with van der Waals surface area (Å²) in [5, 5.41) is 0. The van der Waals surface area contributed by atoms with Gasteiger partial charge in [0.05, 0.1) is 6.21 Å². The largest absolute Gasteiger partial charge is 0.287 e. The van der Waals surface area contributed by atoms with Gasteiger partial charge in [-0.25, -0.2) is 4.99 Å². The van der Waals surface area contributed by atoms with Gasteiger partial charge in [0.2, 0.25) is 5.78 Å². The number of nitrogens with zero attached hydrogens (tertiary/aromatic N) is 2. The first kappa shape index (κ1) is 10.5. The Hall–Kier alpha value is -1.58. The third kappa shape index (κ3) is 2.45. The Bertz CT molecular complexity index is 357. The number of carbonyl (C=O) groups is 2. The number of ketones is 1. The summed E-state index contributed by atoms with van der Waals surface area (Å²) < 4.78 is 0. The van der Waals surface area contributed by atoms with Gasteiger partial charge in [0.25, 0.3) is 5.91 Å². The highest BCUT2D eigenvalue weighted by Gasteiger charge is 2.22. The standard InChI is InChI=1S/C10H12N2O2/c1-10(2,3)9(14)12-7-6-11-5-4-8(7)13/h4-6H,1-3H3. The molecule has 0 spiro atoms. The summed E-state index contributed by atoms with van der Waals surface area (Å²) in [6.07, 6.45) is 3.96. The van der Waals surface area contributed by atoms with E-state index < -0.39 is 5.41 Å². The Morgan fingerprint density at radius 2 is 2.07 bits per heavy atom. The maximum Gasteiger partial charge on any atom is 0.251 e. The molecular formula is C10H12N2O2. The van der Waals surface area contributed by atoms with Crippen LogP contribution >= 0.6 is 0 Å². The lowest BCUT2D eigenvalue weighted by molar-refractivity contribution is -0.125. The molecule has 0 radical (unpaired) electrons. The third-order valence-electron chi connectivity index (χ3n) is 1.62. The van der Waals surface area contributed by atoms with Crippen LogP contribution in [-0.2, 0) is 9.59 Å². The minimum atomic E-state index is -0.567. The van der Waals surface area contributed by atoms with E-state index in [9.17, 15) is 9.59 Å². The van der Waals surface area contributed by atoms with Gasteiger partial charge in [0, 0.05) is 17.7 Å². The van der Waals surface area contributed by atoms with Gasteiger partial charge in [-0.15, -0.1) is 0 Å². The summed E-state index contributed by atoms with van der Waals surface area (Å²) in [7, 11) is 0. The lowest BCUT2D eigenvalue weighted by atomic mass is 9.96. The van der Waals surface area contributed by atoms with Crippen LogP contribution in [0, 0.1) is 5.41 Å². The zero-order valence-corrected chi connectivity index (χ0v) is 8.44. The molecule has 1 heterocycles. The maximum absolute atomic E-state index is 11.5. The van der Waals surface area contributed by atoms with E-state index in [-0.39, 0.29) is 17.4 Å². The highest BCUT2D eigenvalue weighted by Crippen LogP contribution is 2.15. The van der Waals surface area contributed by atoms with Crippen molar-refractivity contribution in [3.05, 3.63) is 12.3 Å². The number of carbonyl (C=O) groups excluding carboxylic acids is 2. The van der Waals surface area contributed by atoms with Crippen molar-refractivity contribution in [2.24, 2.45) is 15.4 Å². The van der Waals surface area contributed by atoms with Gasteiger partial charge in [0.15, 0.2) is 0 Å². The molecule has 4 nitrogen and oxygen atoms in total. The topological polar surface area (TPSA) is 58.9 Å². The molecule has 14 heavy (non-hydrogen) atoms. The normalized spacial score (nSPS) is 19.1. The molecule has 0 unspecified atom stereocenters. The average molecular weight is 192 g/mol. The van der Waals surface area contributed by atoms with Gasteiger partial charge < -0.3 is 0 Å². The third-order valence-corrected chi connectivity index (χ3v) is 1.62. The number of hydrogen-bond acceptors (Lipinski definition) is 3. The molecular weight excluding hydrogens is 180 g/mol. The molecule has 0 atom stereocenters. The molecule has 4 heteroatoms. The molecule has 0 N–H and O–H groups in total. The van der Waals surface area contributed by atoms with Crippen LogP contribution in [0.5, 0.6) is 0 Å². The summed E-state index contributed by atoms with van der Waals surface area (Å²) in [5.41, 5.74) is -0.463. The molecule has 0 aromatic rings. The molecule has 0 saturated carbocycles. The van der Waals surface area contributed by atoms with Crippen LogP contribution in [0.25, 0.3) is 0 Å². The molecule has 0 aliphatic carbocycles. The van der Waals surface area contributed by atoms with E-state index in [0.29, 0.717) is 0 Å². The Balaban J connectivity index is 2.90. The minimum Gasteiger partial charge on any atom is -0.287 e. The molecule has 1 amide bonds. The van der Waals surface area contributed by atoms with Gasteiger partial charge in [-0.1, -0.05) is 20.8 Å². The van der Waals surface area contributed by atoms with Gasteiger partial charge >= 0.3 is 0 Å². The Morgan fingerprint density at radius 3 is 2.57 bits per heavy atom. The van der Waals surface area contributed by atoms with Gasteiger partial charge in [-0.3, -0.25) is 14.6 Å². The van der Waals surface area contributed by atoms with Crippen LogP contribution in [0.1, 0.15) is 20.8 Å². The predicted octanol–water partition coefficient (Wildman–Crippen LogP) is 1.17. The van der Waals surface area contributed by atoms with Crippen molar-refractivity contribution in [2.75, 3.05) is 0 Å². The Morgan fingerprint density at radius 1 is 1.43 bits per heavy atom. The fraction of sp³-hybridized carbons (Fsp3) is 0.400. The highest BCUT2D eigenvalue weighted by atomic mass is 16.2. The molecule has 0 aromatic carbocycles. The zero-order valence-electron chi connectivity index (χ0n) is 8.44. The maximum atomic E-state index is 11.5. The number of hydrogen-bond donors (Lipinski definition) is 0. The van der Waals surface area contributed by atoms with Crippen LogP contribution in [-0.4, -0.2) is 23.6 Å². The predicted molar refractivity (Wildman–Crippen MR) is 54.5 cm³/mol. The van der Waals surface area contributed by atoms with Crippen LogP contribution in [0.4, 0.5) is 0 Å². The summed E-state index contributed by atoms with van der Waals surface area (Å²) in [4.78, 5) is 30.1. The van der Waals surface area contributed by atoms with Crippen LogP contribution in [0.15, 0.2) is 22.3 Å². The summed E-state index contributed by atoms with van der Waals surface area (Å²) >= 11 is 0. The van der Waals surface area contributed by atoms with Crippen molar-refractivity contribution in [2.45, 2.75) is 20.8 Å². The molecule has 1 aliphatic heterocycles. The van der Waals surface area contributed by atoms with E-state index in [0.717, 1.165) is 0 Å². The lowest BCUT2D eigenvalue weighted by Crippen LogP contribution is -2.23. The smallest absolute Gasteiger partial charge is 0.251 e. The molecule has 0 bridgehead atoms. The van der Waals surface area contributed by atoms with Crippen molar-refractivity contribution in [1.29, 1.82) is 0 Å². The fourth-order valence-corrected chi connectivity index (χ4v) is 0.734.